The van der Waals surface area contributed by atoms with Crippen molar-refractivity contribution in [3.63, 3.8) is 0 Å². The average molecular weight is 330 g/mol. The summed E-state index contributed by atoms with van der Waals surface area (Å²) < 4.78 is 5.16. The van der Waals surface area contributed by atoms with Crippen LogP contribution in [-0.2, 0) is 0 Å². The normalized spacial score (nSPS) is 16.9. The molecule has 0 aromatic heterocycles. The van der Waals surface area contributed by atoms with Gasteiger partial charge in [0.25, 0.3) is 0 Å². The third-order valence-corrected chi connectivity index (χ3v) is 3.53. The minimum atomic E-state index is -0.406. The van der Waals surface area contributed by atoms with E-state index in [4.69, 9.17) is 22.1 Å². The molecule has 6 nitrogen and oxygen atoms in total. The number of halogens is 1. The Balaban J connectivity index is 1.80. The first kappa shape index (κ1) is 15.2. The Morgan fingerprint density at radius 3 is 2.43 bits per heavy atom. The van der Waals surface area contributed by atoms with Crippen LogP contribution in [0.3, 0.4) is 0 Å². The first-order chi connectivity index (χ1) is 11.1. The summed E-state index contributed by atoms with van der Waals surface area (Å²) in [7, 11) is 1.63. The molecule has 1 aliphatic heterocycles. The van der Waals surface area contributed by atoms with Crippen LogP contribution in [0.25, 0.3) is 0 Å². The lowest BCUT2D eigenvalue weighted by Crippen LogP contribution is -2.43. The quantitative estimate of drug-likeness (QED) is 0.808. The summed E-state index contributed by atoms with van der Waals surface area (Å²) in [5, 5.41) is 6.74. The summed E-state index contributed by atoms with van der Waals surface area (Å²) in [5.41, 5.74) is 7.63. The van der Waals surface area contributed by atoms with E-state index in [2.05, 4.69) is 20.6 Å². The minimum absolute atomic E-state index is 0.303. The van der Waals surface area contributed by atoms with Crippen LogP contribution in [0.1, 0.15) is 11.7 Å². The first-order valence-electron chi connectivity index (χ1n) is 6.99. The molecule has 1 atom stereocenters. The van der Waals surface area contributed by atoms with Gasteiger partial charge >= 0.3 is 0 Å². The van der Waals surface area contributed by atoms with Crippen molar-refractivity contribution in [1.82, 2.24) is 5.32 Å². The fraction of sp³-hybridized carbons (Fsp3) is 0.125. The zero-order chi connectivity index (χ0) is 16.2. The molecule has 0 radical (unpaired) electrons. The standard InChI is InChI=1S/C16H16ClN5O/c1-23-13-8-2-10(3-9-13)14-20-15(18)22-16(21-14)19-12-6-4-11(17)5-7-12/h2-9,14H,1H3,(H4,18,19,20,21,22)/t14-/m1/s1. The van der Waals surface area contributed by atoms with Gasteiger partial charge in [0.2, 0.25) is 5.96 Å². The van der Waals surface area contributed by atoms with Gasteiger partial charge in [0.15, 0.2) is 12.1 Å². The molecule has 0 amide bonds. The molecule has 0 spiro atoms. The van der Waals surface area contributed by atoms with Gasteiger partial charge in [-0.2, -0.15) is 0 Å². The van der Waals surface area contributed by atoms with E-state index in [0.29, 0.717) is 16.9 Å². The molecular weight excluding hydrogens is 314 g/mol. The van der Waals surface area contributed by atoms with Crippen molar-refractivity contribution in [3.05, 3.63) is 59.1 Å². The van der Waals surface area contributed by atoms with Crippen molar-refractivity contribution in [2.24, 2.45) is 15.7 Å². The van der Waals surface area contributed by atoms with Crippen molar-refractivity contribution in [2.75, 3.05) is 12.4 Å². The molecule has 4 N–H and O–H groups in total. The van der Waals surface area contributed by atoms with Crippen LogP contribution < -0.4 is 21.1 Å². The summed E-state index contributed by atoms with van der Waals surface area (Å²) in [6.45, 7) is 0. The van der Waals surface area contributed by atoms with Gasteiger partial charge in [-0.05, 0) is 42.0 Å². The molecular formula is C16H16ClN5O. The molecule has 2 aromatic carbocycles. The van der Waals surface area contributed by atoms with Crippen LogP contribution in [0.2, 0.25) is 5.02 Å². The molecule has 3 rings (SSSR count). The minimum Gasteiger partial charge on any atom is -0.497 e. The molecule has 0 saturated heterocycles. The third-order valence-electron chi connectivity index (χ3n) is 3.28. The van der Waals surface area contributed by atoms with Crippen molar-refractivity contribution in [3.8, 4) is 5.75 Å². The van der Waals surface area contributed by atoms with E-state index in [-0.39, 0.29) is 0 Å². The Hall–Kier alpha value is -2.73. The highest BCUT2D eigenvalue weighted by Gasteiger charge is 2.17. The molecule has 0 fully saturated rings. The summed E-state index contributed by atoms with van der Waals surface area (Å²) in [5.74, 6) is 1.61. The maximum atomic E-state index is 5.88. The van der Waals surface area contributed by atoms with Gasteiger partial charge in [-0.15, -0.1) is 0 Å². The number of anilines is 1. The number of nitrogens with zero attached hydrogens (tertiary/aromatic N) is 2. The summed E-state index contributed by atoms with van der Waals surface area (Å²) in [6, 6.07) is 14.9. The van der Waals surface area contributed by atoms with Crippen LogP contribution in [0.4, 0.5) is 5.69 Å². The largest absolute Gasteiger partial charge is 0.497 e. The molecule has 23 heavy (non-hydrogen) atoms. The number of rotatable bonds is 3. The number of benzene rings is 2. The third kappa shape index (κ3) is 3.73. The fourth-order valence-electron chi connectivity index (χ4n) is 2.13. The number of aliphatic imine (C=N–C) groups is 2. The Labute approximate surface area is 139 Å². The van der Waals surface area contributed by atoms with Gasteiger partial charge in [-0.3, -0.25) is 5.32 Å². The SMILES string of the molecule is COc1ccc([C@@H]2N=C(N)NC(Nc3ccc(Cl)cc3)=N2)cc1. The zero-order valence-corrected chi connectivity index (χ0v) is 13.2. The lowest BCUT2D eigenvalue weighted by atomic mass is 10.1. The molecule has 118 valence electrons. The van der Waals surface area contributed by atoms with Crippen molar-refractivity contribution in [2.45, 2.75) is 6.17 Å². The zero-order valence-electron chi connectivity index (χ0n) is 12.5. The number of methoxy groups -OCH3 is 1. The van der Waals surface area contributed by atoms with Gasteiger partial charge in [0, 0.05) is 10.7 Å². The van der Waals surface area contributed by atoms with E-state index in [1.807, 2.05) is 36.4 Å². The molecule has 0 saturated carbocycles. The predicted octanol–water partition coefficient (Wildman–Crippen LogP) is 2.73. The van der Waals surface area contributed by atoms with Gasteiger partial charge in [0.1, 0.15) is 5.75 Å². The number of guanidine groups is 2. The Kier molecular flexibility index (Phi) is 4.34. The summed E-state index contributed by atoms with van der Waals surface area (Å²) >= 11 is 5.88. The van der Waals surface area contributed by atoms with Crippen molar-refractivity contribution < 1.29 is 4.74 Å². The van der Waals surface area contributed by atoms with Gasteiger partial charge in [0.05, 0.1) is 7.11 Å². The summed E-state index contributed by atoms with van der Waals surface area (Å²) in [4.78, 5) is 8.84. The summed E-state index contributed by atoms with van der Waals surface area (Å²) in [6.07, 6.45) is -0.406. The number of nitrogens with one attached hydrogen (secondary N) is 2. The maximum Gasteiger partial charge on any atom is 0.205 e. The van der Waals surface area contributed by atoms with Gasteiger partial charge in [-0.1, -0.05) is 23.7 Å². The monoisotopic (exact) mass is 329 g/mol. The van der Waals surface area contributed by atoms with Crippen LogP contribution in [0.15, 0.2) is 58.5 Å². The van der Waals surface area contributed by atoms with Crippen LogP contribution in [-0.4, -0.2) is 19.0 Å². The molecule has 0 bridgehead atoms. The van der Waals surface area contributed by atoms with E-state index in [1.54, 1.807) is 19.2 Å². The Morgan fingerprint density at radius 1 is 1.09 bits per heavy atom. The highest BCUT2D eigenvalue weighted by Crippen LogP contribution is 2.23. The van der Waals surface area contributed by atoms with E-state index < -0.39 is 6.17 Å². The second-order valence-corrected chi connectivity index (χ2v) is 5.33. The fourth-order valence-corrected chi connectivity index (χ4v) is 2.25. The maximum absolute atomic E-state index is 5.88. The van der Waals surface area contributed by atoms with Crippen molar-refractivity contribution in [1.29, 1.82) is 0 Å². The predicted molar refractivity (Wildman–Crippen MR) is 93.0 cm³/mol. The van der Waals surface area contributed by atoms with Crippen LogP contribution in [0.5, 0.6) is 5.75 Å². The van der Waals surface area contributed by atoms with Crippen LogP contribution >= 0.6 is 11.6 Å². The van der Waals surface area contributed by atoms with E-state index >= 15 is 0 Å². The highest BCUT2D eigenvalue weighted by molar-refractivity contribution is 6.30. The lowest BCUT2D eigenvalue weighted by Gasteiger charge is -2.20. The molecule has 7 heteroatoms. The number of hydrogen-bond acceptors (Lipinski definition) is 6. The number of hydrogen-bond donors (Lipinski definition) is 3. The highest BCUT2D eigenvalue weighted by atomic mass is 35.5. The van der Waals surface area contributed by atoms with Crippen molar-refractivity contribution >= 4 is 29.2 Å². The number of nitrogens with two attached hydrogens (primary N) is 1. The topological polar surface area (TPSA) is 84.0 Å². The molecule has 2 aromatic rings. The van der Waals surface area contributed by atoms with Gasteiger partial charge in [-0.25, -0.2) is 9.98 Å². The van der Waals surface area contributed by atoms with Crippen LogP contribution in [0, 0.1) is 0 Å². The average Bonchev–Trinajstić information content (AvgIpc) is 2.56. The number of ether oxygens (including phenoxy) is 1. The smallest absolute Gasteiger partial charge is 0.205 e. The van der Waals surface area contributed by atoms with Gasteiger partial charge < -0.3 is 15.8 Å². The van der Waals surface area contributed by atoms with E-state index in [1.165, 1.54) is 0 Å². The molecule has 1 aliphatic rings. The second kappa shape index (κ2) is 6.58. The van der Waals surface area contributed by atoms with E-state index in [9.17, 15) is 0 Å². The lowest BCUT2D eigenvalue weighted by molar-refractivity contribution is 0.414. The molecule has 0 unspecified atom stereocenters. The second-order valence-electron chi connectivity index (χ2n) is 4.90. The Morgan fingerprint density at radius 2 is 1.78 bits per heavy atom. The molecule has 1 heterocycles. The molecule has 0 aliphatic carbocycles. The first-order valence-corrected chi connectivity index (χ1v) is 7.36. The Bertz CT molecular complexity index is 740. The van der Waals surface area contributed by atoms with E-state index in [0.717, 1.165) is 17.0 Å².